The zero-order chi connectivity index (χ0) is 19.1. The fourth-order valence-corrected chi connectivity index (χ4v) is 4.87. The summed E-state index contributed by atoms with van der Waals surface area (Å²) in [5.41, 5.74) is 5.97. The largest absolute Gasteiger partial charge is 0.437 e. The van der Waals surface area contributed by atoms with Gasteiger partial charge in [-0.25, -0.2) is 4.98 Å². The third-order valence-corrected chi connectivity index (χ3v) is 6.15. The summed E-state index contributed by atoms with van der Waals surface area (Å²) in [6, 6.07) is 27.5. The standard InChI is InChI=1S/C26H16N2O/c1-15-17-9-3-2-8-16(17)14-20-23(15)18-10-4-6-12-21(18)28-25(20)27-24-19-11-5-7-13-22(19)29-26(24)28/h2-14H,1H3. The topological polar surface area (TPSA) is 30.4 Å². The van der Waals surface area contributed by atoms with E-state index in [9.17, 15) is 0 Å². The van der Waals surface area contributed by atoms with Crippen molar-refractivity contribution in [2.75, 3.05) is 0 Å². The van der Waals surface area contributed by atoms with E-state index in [1.165, 1.54) is 27.1 Å². The Morgan fingerprint density at radius 1 is 0.759 bits per heavy atom. The number of hydrogen-bond donors (Lipinski definition) is 0. The van der Waals surface area contributed by atoms with Gasteiger partial charge in [0.15, 0.2) is 0 Å². The lowest BCUT2D eigenvalue weighted by atomic mass is 9.95. The fourth-order valence-electron chi connectivity index (χ4n) is 4.87. The van der Waals surface area contributed by atoms with Crippen LogP contribution in [0.3, 0.4) is 0 Å². The van der Waals surface area contributed by atoms with Gasteiger partial charge in [0.1, 0.15) is 16.7 Å². The average Bonchev–Trinajstić information content (AvgIpc) is 3.30. The first-order valence-corrected chi connectivity index (χ1v) is 9.84. The minimum absolute atomic E-state index is 0.810. The molecule has 29 heavy (non-hydrogen) atoms. The Hall–Kier alpha value is -3.85. The van der Waals surface area contributed by atoms with Crippen molar-refractivity contribution in [2.45, 2.75) is 6.92 Å². The Labute approximate surface area is 165 Å². The molecule has 136 valence electrons. The Morgan fingerprint density at radius 3 is 2.38 bits per heavy atom. The molecule has 3 aromatic heterocycles. The minimum Gasteiger partial charge on any atom is -0.437 e. The number of hydrogen-bond acceptors (Lipinski definition) is 2. The van der Waals surface area contributed by atoms with Gasteiger partial charge in [-0.05, 0) is 52.9 Å². The van der Waals surface area contributed by atoms with Gasteiger partial charge in [0.25, 0.3) is 0 Å². The van der Waals surface area contributed by atoms with E-state index in [1.54, 1.807) is 0 Å². The molecule has 0 saturated carbocycles. The maximum absolute atomic E-state index is 6.28. The van der Waals surface area contributed by atoms with E-state index in [-0.39, 0.29) is 0 Å². The van der Waals surface area contributed by atoms with Crippen LogP contribution < -0.4 is 0 Å². The SMILES string of the molecule is Cc1c2ccccc2cc2c1c1ccccc1n1c2nc2c3ccccc3oc21. The minimum atomic E-state index is 0.810. The molecule has 0 aliphatic heterocycles. The van der Waals surface area contributed by atoms with Crippen molar-refractivity contribution < 1.29 is 4.42 Å². The molecule has 0 saturated heterocycles. The number of aromatic nitrogens is 2. The first kappa shape index (κ1) is 15.1. The van der Waals surface area contributed by atoms with Gasteiger partial charge in [-0.1, -0.05) is 54.6 Å². The highest BCUT2D eigenvalue weighted by Gasteiger charge is 2.20. The summed E-state index contributed by atoms with van der Waals surface area (Å²) < 4.78 is 8.46. The summed E-state index contributed by atoms with van der Waals surface area (Å²) in [4.78, 5) is 5.10. The molecule has 0 fully saturated rings. The van der Waals surface area contributed by atoms with Crippen LogP contribution in [0.5, 0.6) is 0 Å². The quantitative estimate of drug-likeness (QED) is 0.212. The summed E-state index contributed by atoms with van der Waals surface area (Å²) >= 11 is 0. The fraction of sp³-hybridized carbons (Fsp3) is 0.0385. The van der Waals surface area contributed by atoms with Crippen LogP contribution in [0.1, 0.15) is 5.56 Å². The maximum Gasteiger partial charge on any atom is 0.233 e. The molecule has 0 aliphatic rings. The Balaban J connectivity index is 1.86. The number of aryl methyl sites for hydroxylation is 1. The van der Waals surface area contributed by atoms with Gasteiger partial charge < -0.3 is 4.42 Å². The van der Waals surface area contributed by atoms with Gasteiger partial charge in [0, 0.05) is 16.2 Å². The molecule has 0 radical (unpaired) electrons. The predicted octanol–water partition coefficient (Wildman–Crippen LogP) is 7.00. The van der Waals surface area contributed by atoms with Crippen LogP contribution in [0.2, 0.25) is 0 Å². The van der Waals surface area contributed by atoms with Crippen molar-refractivity contribution in [1.29, 1.82) is 0 Å². The highest BCUT2D eigenvalue weighted by atomic mass is 16.3. The second-order valence-electron chi connectivity index (χ2n) is 7.69. The Bertz CT molecular complexity index is 1770. The smallest absolute Gasteiger partial charge is 0.233 e. The third kappa shape index (κ3) is 1.80. The zero-order valence-corrected chi connectivity index (χ0v) is 15.8. The van der Waals surface area contributed by atoms with Crippen LogP contribution >= 0.6 is 0 Å². The average molecular weight is 372 g/mol. The molecule has 0 aliphatic carbocycles. The number of rotatable bonds is 0. The molecule has 7 rings (SSSR count). The first-order valence-electron chi connectivity index (χ1n) is 9.84. The zero-order valence-electron chi connectivity index (χ0n) is 15.8. The van der Waals surface area contributed by atoms with E-state index in [2.05, 4.69) is 72.0 Å². The molecule has 7 aromatic rings. The molecular weight excluding hydrogens is 356 g/mol. The van der Waals surface area contributed by atoms with Gasteiger partial charge in [-0.3, -0.25) is 4.40 Å². The first-order chi connectivity index (χ1) is 14.3. The van der Waals surface area contributed by atoms with Crippen molar-refractivity contribution in [3.8, 4) is 0 Å². The molecule has 0 amide bonds. The lowest BCUT2D eigenvalue weighted by molar-refractivity contribution is 0.651. The molecule has 3 heterocycles. The summed E-state index contributed by atoms with van der Waals surface area (Å²) in [6.07, 6.45) is 0. The lowest BCUT2D eigenvalue weighted by Crippen LogP contribution is -1.93. The molecule has 3 nitrogen and oxygen atoms in total. The monoisotopic (exact) mass is 372 g/mol. The van der Waals surface area contributed by atoms with Crippen LogP contribution in [0.4, 0.5) is 0 Å². The van der Waals surface area contributed by atoms with Gasteiger partial charge in [-0.2, -0.15) is 0 Å². The van der Waals surface area contributed by atoms with Gasteiger partial charge in [0.2, 0.25) is 5.71 Å². The van der Waals surface area contributed by atoms with E-state index < -0.39 is 0 Å². The van der Waals surface area contributed by atoms with Gasteiger partial charge in [-0.15, -0.1) is 0 Å². The second-order valence-corrected chi connectivity index (χ2v) is 7.69. The number of para-hydroxylation sites is 2. The van der Waals surface area contributed by atoms with Crippen LogP contribution in [-0.2, 0) is 0 Å². The molecule has 3 heteroatoms. The number of furan rings is 1. The van der Waals surface area contributed by atoms with E-state index >= 15 is 0 Å². The summed E-state index contributed by atoms with van der Waals surface area (Å²) in [5.74, 6) is 0. The molecule has 0 N–H and O–H groups in total. The number of nitrogens with zero attached hydrogens (tertiary/aromatic N) is 2. The highest BCUT2D eigenvalue weighted by molar-refractivity contribution is 6.20. The Kier molecular flexibility index (Phi) is 2.68. The van der Waals surface area contributed by atoms with E-state index in [4.69, 9.17) is 9.40 Å². The highest BCUT2D eigenvalue weighted by Crippen LogP contribution is 2.39. The van der Waals surface area contributed by atoms with Crippen molar-refractivity contribution in [2.24, 2.45) is 0 Å². The third-order valence-electron chi connectivity index (χ3n) is 6.15. The number of benzene rings is 4. The predicted molar refractivity (Wildman–Crippen MR) is 120 cm³/mol. The van der Waals surface area contributed by atoms with Crippen LogP contribution in [0, 0.1) is 6.92 Å². The van der Waals surface area contributed by atoms with E-state index in [1.807, 2.05) is 18.2 Å². The lowest BCUT2D eigenvalue weighted by Gasteiger charge is -2.13. The summed E-state index contributed by atoms with van der Waals surface area (Å²) in [7, 11) is 0. The van der Waals surface area contributed by atoms with Crippen molar-refractivity contribution in [1.82, 2.24) is 9.38 Å². The maximum atomic E-state index is 6.28. The van der Waals surface area contributed by atoms with Crippen molar-refractivity contribution in [3.63, 3.8) is 0 Å². The van der Waals surface area contributed by atoms with Crippen LogP contribution in [-0.4, -0.2) is 9.38 Å². The number of pyridine rings is 1. The second kappa shape index (κ2) is 5.15. The molecule has 0 bridgehead atoms. The number of imidazole rings is 1. The molecule has 0 atom stereocenters. The van der Waals surface area contributed by atoms with Crippen molar-refractivity contribution in [3.05, 3.63) is 84.4 Å². The molecule has 0 spiro atoms. The normalized spacial score (nSPS) is 12.3. The number of fused-ring (bicyclic) bond motifs is 11. The van der Waals surface area contributed by atoms with E-state index in [0.717, 1.165) is 38.7 Å². The van der Waals surface area contributed by atoms with E-state index in [0.29, 0.717) is 0 Å². The Morgan fingerprint density at radius 2 is 1.48 bits per heavy atom. The van der Waals surface area contributed by atoms with Gasteiger partial charge >= 0.3 is 0 Å². The molecular formula is C26H16N2O. The van der Waals surface area contributed by atoms with Gasteiger partial charge in [0.05, 0.1) is 5.52 Å². The van der Waals surface area contributed by atoms with Crippen LogP contribution in [0.25, 0.3) is 60.3 Å². The molecule has 0 unspecified atom stereocenters. The van der Waals surface area contributed by atoms with Crippen LogP contribution in [0.15, 0.2) is 83.3 Å². The summed E-state index contributed by atoms with van der Waals surface area (Å²) in [6.45, 7) is 2.22. The van der Waals surface area contributed by atoms with Crippen molar-refractivity contribution >= 4 is 60.3 Å². The molecule has 4 aromatic carbocycles. The summed E-state index contributed by atoms with van der Waals surface area (Å²) in [5, 5.41) is 7.23.